The minimum atomic E-state index is -4.38. The van der Waals surface area contributed by atoms with Crippen molar-refractivity contribution in [2.24, 2.45) is 0 Å². The maximum Gasteiger partial charge on any atom is 0.417 e. The van der Waals surface area contributed by atoms with Crippen molar-refractivity contribution < 1.29 is 13.2 Å². The molecule has 0 N–H and O–H groups in total. The van der Waals surface area contributed by atoms with Crippen LogP contribution in [0.3, 0.4) is 0 Å². The predicted octanol–water partition coefficient (Wildman–Crippen LogP) is 3.08. The molecule has 1 nitrogen and oxygen atoms in total. The molecule has 0 saturated heterocycles. The van der Waals surface area contributed by atoms with E-state index in [-0.39, 0.29) is 5.56 Å². The molecule has 0 aliphatic rings. The minimum absolute atomic E-state index is 0.245. The second-order valence-electron chi connectivity index (χ2n) is 2.70. The number of rotatable bonds is 1. The summed E-state index contributed by atoms with van der Waals surface area (Å²) in [6, 6.07) is 0.966. The van der Waals surface area contributed by atoms with Crippen molar-refractivity contribution >= 4 is 11.6 Å². The van der Waals surface area contributed by atoms with Gasteiger partial charge in [0.2, 0.25) is 0 Å². The summed E-state index contributed by atoms with van der Waals surface area (Å²) in [5.74, 6) is 5.56. The molecule has 0 amide bonds. The topological polar surface area (TPSA) is 12.9 Å². The maximum atomic E-state index is 12.2. The molecule has 1 aromatic rings. The van der Waals surface area contributed by atoms with E-state index in [1.807, 2.05) is 0 Å². The molecule has 0 aliphatic heterocycles. The number of hydrogen-bond acceptors (Lipinski definition) is 1. The Morgan fingerprint density at radius 2 is 2.07 bits per heavy atom. The largest absolute Gasteiger partial charge is 0.417 e. The van der Waals surface area contributed by atoms with Gasteiger partial charge in [-0.15, -0.1) is 11.6 Å². The van der Waals surface area contributed by atoms with Crippen molar-refractivity contribution in [1.82, 2.24) is 4.98 Å². The van der Waals surface area contributed by atoms with Gasteiger partial charge in [-0.1, -0.05) is 11.8 Å². The van der Waals surface area contributed by atoms with E-state index in [0.717, 1.165) is 12.3 Å². The van der Waals surface area contributed by atoms with Gasteiger partial charge in [0.25, 0.3) is 0 Å². The first-order valence-electron chi connectivity index (χ1n) is 4.11. The van der Waals surface area contributed by atoms with E-state index in [2.05, 4.69) is 16.8 Å². The van der Waals surface area contributed by atoms with Crippen molar-refractivity contribution in [2.45, 2.75) is 12.6 Å². The fourth-order valence-electron chi connectivity index (χ4n) is 0.875. The fraction of sp³-hybridized carbons (Fsp3) is 0.300. The molecule has 0 spiro atoms. The van der Waals surface area contributed by atoms with Gasteiger partial charge in [0, 0.05) is 30.3 Å². The van der Waals surface area contributed by atoms with Gasteiger partial charge < -0.3 is 0 Å². The Kier molecular flexibility index (Phi) is 3.98. The van der Waals surface area contributed by atoms with Gasteiger partial charge in [0.1, 0.15) is 0 Å². The molecule has 0 atom stereocenters. The van der Waals surface area contributed by atoms with Crippen molar-refractivity contribution in [3.63, 3.8) is 0 Å². The zero-order valence-corrected chi connectivity index (χ0v) is 8.36. The van der Waals surface area contributed by atoms with Gasteiger partial charge >= 0.3 is 6.18 Å². The van der Waals surface area contributed by atoms with Crippen LogP contribution in [0.1, 0.15) is 17.5 Å². The Balaban J connectivity index is 2.90. The Morgan fingerprint density at radius 1 is 1.33 bits per heavy atom. The highest BCUT2D eigenvalue weighted by Gasteiger charge is 2.30. The van der Waals surface area contributed by atoms with E-state index in [9.17, 15) is 13.2 Å². The second kappa shape index (κ2) is 5.04. The third kappa shape index (κ3) is 3.80. The standard InChI is InChI=1S/C10H7ClF3N/c11-4-2-1-3-8-5-9(7-15-6-8)10(12,13)14/h5-7H,2,4H2. The first-order chi connectivity index (χ1) is 7.04. The summed E-state index contributed by atoms with van der Waals surface area (Å²) >= 11 is 5.37. The van der Waals surface area contributed by atoms with E-state index in [4.69, 9.17) is 11.6 Å². The fourth-order valence-corrected chi connectivity index (χ4v) is 0.970. The van der Waals surface area contributed by atoms with Crippen LogP contribution in [0.5, 0.6) is 0 Å². The zero-order chi connectivity index (χ0) is 11.3. The van der Waals surface area contributed by atoms with Crippen LogP contribution in [0, 0.1) is 11.8 Å². The van der Waals surface area contributed by atoms with Gasteiger partial charge in [0.15, 0.2) is 0 Å². The van der Waals surface area contributed by atoms with E-state index in [1.165, 1.54) is 6.20 Å². The SMILES string of the molecule is FC(F)(F)c1cncc(C#CCCCl)c1. The number of aromatic nitrogens is 1. The van der Waals surface area contributed by atoms with Gasteiger partial charge in [-0.3, -0.25) is 4.98 Å². The Morgan fingerprint density at radius 3 is 2.67 bits per heavy atom. The molecular formula is C10H7ClF3N. The molecular weight excluding hydrogens is 227 g/mol. The lowest BCUT2D eigenvalue weighted by Crippen LogP contribution is -2.05. The quantitative estimate of drug-likeness (QED) is 0.537. The van der Waals surface area contributed by atoms with Crippen LogP contribution in [-0.2, 0) is 6.18 Å². The second-order valence-corrected chi connectivity index (χ2v) is 3.08. The van der Waals surface area contributed by atoms with Gasteiger partial charge in [0.05, 0.1) is 5.56 Å². The molecule has 80 valence electrons. The van der Waals surface area contributed by atoms with Gasteiger partial charge in [-0.2, -0.15) is 13.2 Å². The Labute approximate surface area is 90.3 Å². The molecule has 0 radical (unpaired) electrons. The molecule has 0 fully saturated rings. The minimum Gasteiger partial charge on any atom is -0.263 e. The molecule has 0 saturated carbocycles. The molecule has 0 bridgehead atoms. The lowest BCUT2D eigenvalue weighted by Gasteiger charge is -2.04. The lowest BCUT2D eigenvalue weighted by atomic mass is 10.2. The van der Waals surface area contributed by atoms with Crippen LogP contribution in [0.25, 0.3) is 0 Å². The van der Waals surface area contributed by atoms with E-state index in [0.29, 0.717) is 12.3 Å². The molecule has 0 unspecified atom stereocenters. The number of alkyl halides is 4. The van der Waals surface area contributed by atoms with Crippen LogP contribution in [-0.4, -0.2) is 10.9 Å². The molecule has 1 heterocycles. The summed E-state index contributed by atoms with van der Waals surface area (Å²) in [6.07, 6.45) is -1.88. The highest BCUT2D eigenvalue weighted by molar-refractivity contribution is 6.18. The number of hydrogen-bond donors (Lipinski definition) is 0. The maximum absolute atomic E-state index is 12.2. The molecule has 5 heteroatoms. The first-order valence-corrected chi connectivity index (χ1v) is 4.64. The average molecular weight is 234 g/mol. The predicted molar refractivity (Wildman–Crippen MR) is 51.5 cm³/mol. The normalized spacial score (nSPS) is 10.7. The first kappa shape index (κ1) is 11.9. The summed E-state index contributed by atoms with van der Waals surface area (Å²) in [6.45, 7) is 0. The molecule has 1 rings (SSSR count). The van der Waals surface area contributed by atoms with Gasteiger partial charge in [-0.05, 0) is 6.07 Å². The molecule has 1 aromatic heterocycles. The smallest absolute Gasteiger partial charge is 0.263 e. The highest BCUT2D eigenvalue weighted by Crippen LogP contribution is 2.28. The van der Waals surface area contributed by atoms with E-state index >= 15 is 0 Å². The third-order valence-electron chi connectivity index (χ3n) is 1.52. The Bertz CT molecular complexity index is 390. The summed E-state index contributed by atoms with van der Waals surface area (Å²) < 4.78 is 36.7. The summed E-state index contributed by atoms with van der Waals surface area (Å²) in [5, 5.41) is 0. The molecule has 0 aliphatic carbocycles. The van der Waals surface area contributed by atoms with Crippen LogP contribution in [0.15, 0.2) is 18.5 Å². The summed E-state index contributed by atoms with van der Waals surface area (Å²) in [7, 11) is 0. The lowest BCUT2D eigenvalue weighted by molar-refractivity contribution is -0.137. The summed E-state index contributed by atoms with van der Waals surface area (Å²) in [5.41, 5.74) is -0.546. The number of nitrogens with zero attached hydrogens (tertiary/aromatic N) is 1. The number of halogens is 4. The van der Waals surface area contributed by atoms with Crippen molar-refractivity contribution in [2.75, 3.05) is 5.88 Å². The van der Waals surface area contributed by atoms with Gasteiger partial charge in [-0.25, -0.2) is 0 Å². The van der Waals surface area contributed by atoms with Crippen LogP contribution < -0.4 is 0 Å². The Hall–Kier alpha value is -1.21. The van der Waals surface area contributed by atoms with Crippen molar-refractivity contribution in [3.05, 3.63) is 29.6 Å². The third-order valence-corrected chi connectivity index (χ3v) is 1.71. The highest BCUT2D eigenvalue weighted by atomic mass is 35.5. The summed E-state index contributed by atoms with van der Waals surface area (Å²) in [4.78, 5) is 3.47. The zero-order valence-electron chi connectivity index (χ0n) is 7.61. The van der Waals surface area contributed by atoms with E-state index < -0.39 is 11.7 Å². The number of pyridine rings is 1. The van der Waals surface area contributed by atoms with Crippen LogP contribution in [0.4, 0.5) is 13.2 Å². The van der Waals surface area contributed by atoms with Crippen molar-refractivity contribution in [3.8, 4) is 11.8 Å². The molecule has 0 aromatic carbocycles. The average Bonchev–Trinajstić information content (AvgIpc) is 2.17. The monoisotopic (exact) mass is 233 g/mol. The van der Waals surface area contributed by atoms with Crippen molar-refractivity contribution in [1.29, 1.82) is 0 Å². The van der Waals surface area contributed by atoms with Crippen LogP contribution in [0.2, 0.25) is 0 Å². The van der Waals surface area contributed by atoms with Crippen LogP contribution >= 0.6 is 11.6 Å². The van der Waals surface area contributed by atoms with E-state index in [1.54, 1.807) is 0 Å². The molecule has 15 heavy (non-hydrogen) atoms.